The predicted octanol–water partition coefficient (Wildman–Crippen LogP) is 3.44. The van der Waals surface area contributed by atoms with Crippen LogP contribution in [-0.4, -0.2) is 32.2 Å². The summed E-state index contributed by atoms with van der Waals surface area (Å²) in [4.78, 5) is 25.2. The maximum absolute atomic E-state index is 12.6. The summed E-state index contributed by atoms with van der Waals surface area (Å²) in [6, 6.07) is 12.9. The molecule has 6 nitrogen and oxygen atoms in total. The summed E-state index contributed by atoms with van der Waals surface area (Å²) < 4.78 is 15.7. The van der Waals surface area contributed by atoms with Gasteiger partial charge in [0, 0.05) is 0 Å². The van der Waals surface area contributed by atoms with E-state index in [1.165, 1.54) is 25.8 Å². The number of nitrogens with one attached hydrogen (secondary N) is 1. The second kappa shape index (κ2) is 8.78. The van der Waals surface area contributed by atoms with Crippen LogP contribution in [-0.2, 0) is 16.0 Å². The molecule has 0 aromatic heterocycles. The summed E-state index contributed by atoms with van der Waals surface area (Å²) in [5.41, 5.74) is 2.60. The third-order valence-corrected chi connectivity index (χ3v) is 4.97. The van der Waals surface area contributed by atoms with E-state index in [0.29, 0.717) is 11.5 Å². The first-order valence-electron chi connectivity index (χ1n) is 9.34. The molecule has 0 saturated heterocycles. The fourth-order valence-electron chi connectivity index (χ4n) is 3.44. The van der Waals surface area contributed by atoms with Crippen molar-refractivity contribution in [2.24, 2.45) is 0 Å². The highest BCUT2D eigenvalue weighted by Crippen LogP contribution is 2.30. The first-order valence-corrected chi connectivity index (χ1v) is 9.34. The number of hydrogen-bond acceptors (Lipinski definition) is 5. The molecule has 1 amide bonds. The van der Waals surface area contributed by atoms with E-state index in [1.54, 1.807) is 19.1 Å². The molecule has 28 heavy (non-hydrogen) atoms. The van der Waals surface area contributed by atoms with E-state index < -0.39 is 12.1 Å². The van der Waals surface area contributed by atoms with Gasteiger partial charge in [0.15, 0.2) is 6.10 Å². The molecular weight excluding hydrogens is 358 g/mol. The molecule has 0 spiro atoms. The molecule has 0 radical (unpaired) electrons. The van der Waals surface area contributed by atoms with Crippen LogP contribution in [0.4, 0.5) is 0 Å². The van der Waals surface area contributed by atoms with Gasteiger partial charge in [-0.25, -0.2) is 4.79 Å². The maximum atomic E-state index is 12.6. The fraction of sp³-hybridized carbons (Fsp3) is 0.364. The van der Waals surface area contributed by atoms with Crippen molar-refractivity contribution in [1.82, 2.24) is 5.32 Å². The number of rotatable bonds is 6. The lowest BCUT2D eigenvalue weighted by molar-refractivity contribution is -0.130. The van der Waals surface area contributed by atoms with Crippen molar-refractivity contribution >= 4 is 11.9 Å². The first-order chi connectivity index (χ1) is 13.5. The number of aryl methyl sites for hydroxylation is 1. The van der Waals surface area contributed by atoms with Crippen LogP contribution in [0.15, 0.2) is 42.5 Å². The number of fused-ring (bicyclic) bond motifs is 1. The van der Waals surface area contributed by atoms with Gasteiger partial charge in [-0.1, -0.05) is 24.3 Å². The highest BCUT2D eigenvalue weighted by Gasteiger charge is 2.26. The number of methoxy groups -OCH3 is 2. The molecular formula is C22H25NO5. The molecule has 1 aliphatic rings. The summed E-state index contributed by atoms with van der Waals surface area (Å²) >= 11 is 0. The Balaban J connectivity index is 1.67. The summed E-state index contributed by atoms with van der Waals surface area (Å²) in [7, 11) is 2.98. The van der Waals surface area contributed by atoms with Crippen molar-refractivity contribution in [2.45, 2.75) is 38.3 Å². The van der Waals surface area contributed by atoms with Gasteiger partial charge in [-0.2, -0.15) is 0 Å². The van der Waals surface area contributed by atoms with Gasteiger partial charge in [0.25, 0.3) is 5.91 Å². The number of esters is 1. The largest absolute Gasteiger partial charge is 0.497 e. The van der Waals surface area contributed by atoms with Crippen LogP contribution in [0.25, 0.3) is 0 Å². The Kier molecular flexibility index (Phi) is 6.19. The molecule has 3 rings (SSSR count). The quantitative estimate of drug-likeness (QED) is 0.774. The zero-order valence-corrected chi connectivity index (χ0v) is 16.4. The van der Waals surface area contributed by atoms with Crippen LogP contribution in [0.2, 0.25) is 0 Å². The summed E-state index contributed by atoms with van der Waals surface area (Å²) in [6.45, 7) is 1.56. The Labute approximate surface area is 164 Å². The van der Waals surface area contributed by atoms with Gasteiger partial charge in [-0.3, -0.25) is 4.79 Å². The summed E-state index contributed by atoms with van der Waals surface area (Å²) in [5.74, 6) is -0.0948. The lowest BCUT2D eigenvalue weighted by atomic mass is 9.87. The van der Waals surface area contributed by atoms with E-state index in [-0.39, 0.29) is 17.5 Å². The Morgan fingerprint density at radius 1 is 1.11 bits per heavy atom. The van der Waals surface area contributed by atoms with Crippen LogP contribution in [0.5, 0.6) is 11.5 Å². The zero-order chi connectivity index (χ0) is 20.1. The Morgan fingerprint density at radius 3 is 2.64 bits per heavy atom. The van der Waals surface area contributed by atoms with Gasteiger partial charge in [0.1, 0.15) is 17.1 Å². The van der Waals surface area contributed by atoms with Gasteiger partial charge >= 0.3 is 5.97 Å². The standard InChI is InChI=1S/C22H25NO5/c1-14(28-22(25)18-13-16(26-2)11-12-20(18)27-3)21(24)23-19-10-6-8-15-7-4-5-9-17(15)19/h4-5,7,9,11-14,19H,6,8,10H2,1-3H3,(H,23,24)/t14-,19-/m1/s1. The number of hydrogen-bond donors (Lipinski definition) is 1. The third kappa shape index (κ3) is 4.27. The van der Waals surface area contributed by atoms with Gasteiger partial charge in [-0.05, 0) is 55.5 Å². The van der Waals surface area contributed by atoms with Crippen LogP contribution in [0, 0.1) is 0 Å². The fourth-order valence-corrected chi connectivity index (χ4v) is 3.44. The van der Waals surface area contributed by atoms with Crippen LogP contribution in [0.1, 0.15) is 47.3 Å². The number of carbonyl (C=O) groups is 2. The van der Waals surface area contributed by atoms with Crippen LogP contribution >= 0.6 is 0 Å². The maximum Gasteiger partial charge on any atom is 0.342 e. The lowest BCUT2D eigenvalue weighted by Crippen LogP contribution is -2.39. The molecule has 0 saturated carbocycles. The Morgan fingerprint density at radius 2 is 1.89 bits per heavy atom. The minimum atomic E-state index is -0.933. The molecule has 0 bridgehead atoms. The number of carbonyl (C=O) groups excluding carboxylic acids is 2. The highest BCUT2D eigenvalue weighted by atomic mass is 16.5. The summed E-state index contributed by atoms with van der Waals surface area (Å²) in [5, 5.41) is 3.01. The van der Waals surface area contributed by atoms with Crippen molar-refractivity contribution in [3.05, 3.63) is 59.2 Å². The Hall–Kier alpha value is -3.02. The number of benzene rings is 2. The SMILES string of the molecule is COc1ccc(OC)c(C(=O)O[C@H](C)C(=O)N[C@@H]2CCCc3ccccc32)c1. The number of ether oxygens (including phenoxy) is 3. The van der Waals surface area contributed by atoms with Crippen LogP contribution in [0.3, 0.4) is 0 Å². The molecule has 2 atom stereocenters. The third-order valence-electron chi connectivity index (χ3n) is 4.97. The molecule has 2 aromatic carbocycles. The zero-order valence-electron chi connectivity index (χ0n) is 16.4. The van der Waals surface area contributed by atoms with E-state index >= 15 is 0 Å². The minimum Gasteiger partial charge on any atom is -0.497 e. The summed E-state index contributed by atoms with van der Waals surface area (Å²) in [6.07, 6.45) is 1.96. The second-order valence-corrected chi connectivity index (χ2v) is 6.77. The van der Waals surface area contributed by atoms with Gasteiger partial charge in [-0.15, -0.1) is 0 Å². The van der Waals surface area contributed by atoms with E-state index in [9.17, 15) is 9.59 Å². The lowest BCUT2D eigenvalue weighted by Gasteiger charge is -2.27. The van der Waals surface area contributed by atoms with E-state index in [0.717, 1.165) is 24.8 Å². The average molecular weight is 383 g/mol. The topological polar surface area (TPSA) is 73.9 Å². The van der Waals surface area contributed by atoms with E-state index in [2.05, 4.69) is 11.4 Å². The van der Waals surface area contributed by atoms with E-state index in [1.807, 2.05) is 18.2 Å². The molecule has 0 heterocycles. The van der Waals surface area contributed by atoms with Gasteiger partial charge < -0.3 is 19.5 Å². The smallest absolute Gasteiger partial charge is 0.342 e. The van der Waals surface area contributed by atoms with Crippen molar-refractivity contribution in [3.8, 4) is 11.5 Å². The first kappa shape index (κ1) is 19.7. The normalized spacial score (nSPS) is 16.5. The molecule has 0 fully saturated rings. The van der Waals surface area contributed by atoms with Crippen molar-refractivity contribution in [2.75, 3.05) is 14.2 Å². The highest BCUT2D eigenvalue weighted by molar-refractivity contribution is 5.95. The van der Waals surface area contributed by atoms with Crippen molar-refractivity contribution in [3.63, 3.8) is 0 Å². The minimum absolute atomic E-state index is 0.0649. The molecule has 0 unspecified atom stereocenters. The number of amides is 1. The van der Waals surface area contributed by atoms with Crippen LogP contribution < -0.4 is 14.8 Å². The van der Waals surface area contributed by atoms with Gasteiger partial charge in [0.2, 0.25) is 0 Å². The molecule has 148 valence electrons. The molecule has 0 aliphatic heterocycles. The Bertz CT molecular complexity index is 864. The average Bonchev–Trinajstić information content (AvgIpc) is 2.73. The second-order valence-electron chi connectivity index (χ2n) is 6.77. The van der Waals surface area contributed by atoms with Crippen molar-refractivity contribution < 1.29 is 23.8 Å². The van der Waals surface area contributed by atoms with Gasteiger partial charge in [0.05, 0.1) is 20.3 Å². The molecule has 1 aliphatic carbocycles. The van der Waals surface area contributed by atoms with E-state index in [4.69, 9.17) is 14.2 Å². The molecule has 6 heteroatoms. The van der Waals surface area contributed by atoms with Crippen molar-refractivity contribution in [1.29, 1.82) is 0 Å². The monoisotopic (exact) mass is 383 g/mol. The molecule has 2 aromatic rings. The predicted molar refractivity (Wildman–Crippen MR) is 105 cm³/mol. The molecule has 1 N–H and O–H groups in total.